The summed E-state index contributed by atoms with van der Waals surface area (Å²) < 4.78 is 0.664. The number of rotatable bonds is 0. The predicted molar refractivity (Wildman–Crippen MR) is 50.2 cm³/mol. The summed E-state index contributed by atoms with van der Waals surface area (Å²) in [5.74, 6) is 0.147. The Morgan fingerprint density at radius 3 is 2.83 bits per heavy atom. The third-order valence-corrected chi connectivity index (χ3v) is 2.87. The molecule has 0 saturated carbocycles. The van der Waals surface area contributed by atoms with Gasteiger partial charge in [0, 0.05) is 11.5 Å². The lowest BCUT2D eigenvalue weighted by atomic mass is 10.2. The second kappa shape index (κ2) is 2.54. The summed E-state index contributed by atoms with van der Waals surface area (Å²) in [6, 6.07) is 3.07. The molecule has 0 aliphatic rings. The van der Waals surface area contributed by atoms with Gasteiger partial charge in [-0.05, 0) is 11.4 Å². The molecule has 0 radical (unpaired) electrons. The Morgan fingerprint density at radius 1 is 1.33 bits per heavy atom. The van der Waals surface area contributed by atoms with Crippen LogP contribution in [0.15, 0.2) is 17.5 Å². The first kappa shape index (κ1) is 7.71. The third kappa shape index (κ3) is 0.940. The maximum absolute atomic E-state index is 9.44. The van der Waals surface area contributed by atoms with Gasteiger partial charge in [0.2, 0.25) is 0 Å². The van der Waals surface area contributed by atoms with E-state index in [-0.39, 0.29) is 16.5 Å². The van der Waals surface area contributed by atoms with Crippen LogP contribution in [0, 0.1) is 0 Å². The minimum absolute atomic E-state index is 0.0331. The summed E-state index contributed by atoms with van der Waals surface area (Å²) in [5, 5.41) is 21.4. The normalized spacial score (nSPS) is 10.8. The van der Waals surface area contributed by atoms with Crippen LogP contribution in [0.25, 0.3) is 10.1 Å². The standard InChI is InChI=1S/C8H5ClO2S/c9-5-3-6(10)8-4(7(5)11)1-2-12-8/h1-3,10-11H. The van der Waals surface area contributed by atoms with E-state index in [1.807, 2.05) is 0 Å². The molecule has 0 fully saturated rings. The first-order valence-corrected chi connectivity index (χ1v) is 4.53. The van der Waals surface area contributed by atoms with Crippen molar-refractivity contribution in [2.75, 3.05) is 0 Å². The Bertz CT molecular complexity index is 436. The largest absolute Gasteiger partial charge is 0.506 e. The zero-order valence-corrected chi connectivity index (χ0v) is 7.49. The number of halogens is 1. The fraction of sp³-hybridized carbons (Fsp3) is 0. The summed E-state index contributed by atoms with van der Waals surface area (Å²) in [7, 11) is 0. The molecule has 0 bridgehead atoms. The Balaban J connectivity index is 2.97. The number of benzene rings is 1. The van der Waals surface area contributed by atoms with E-state index in [9.17, 15) is 10.2 Å². The van der Waals surface area contributed by atoms with E-state index in [0.717, 1.165) is 0 Å². The van der Waals surface area contributed by atoms with Crippen LogP contribution in [0.3, 0.4) is 0 Å². The Labute approximate surface area is 77.6 Å². The molecule has 0 unspecified atom stereocenters. The van der Waals surface area contributed by atoms with Gasteiger partial charge in [-0.1, -0.05) is 11.6 Å². The van der Waals surface area contributed by atoms with Crippen molar-refractivity contribution in [3.63, 3.8) is 0 Å². The van der Waals surface area contributed by atoms with Crippen LogP contribution in [0.2, 0.25) is 5.02 Å². The van der Waals surface area contributed by atoms with Gasteiger partial charge in [0.05, 0.1) is 9.72 Å². The van der Waals surface area contributed by atoms with Crippen molar-refractivity contribution in [2.24, 2.45) is 0 Å². The topological polar surface area (TPSA) is 40.5 Å². The van der Waals surface area contributed by atoms with E-state index in [1.54, 1.807) is 11.4 Å². The van der Waals surface area contributed by atoms with Crippen LogP contribution < -0.4 is 0 Å². The molecule has 0 saturated heterocycles. The molecule has 0 atom stereocenters. The average Bonchev–Trinajstić information content (AvgIpc) is 2.48. The fourth-order valence-corrected chi connectivity index (χ4v) is 2.09. The van der Waals surface area contributed by atoms with Crippen LogP contribution in [0.5, 0.6) is 11.5 Å². The summed E-state index contributed by atoms with van der Waals surface area (Å²) >= 11 is 7.01. The highest BCUT2D eigenvalue weighted by molar-refractivity contribution is 7.17. The van der Waals surface area contributed by atoms with Crippen molar-refractivity contribution in [3.05, 3.63) is 22.5 Å². The van der Waals surface area contributed by atoms with Crippen LogP contribution in [-0.2, 0) is 0 Å². The monoisotopic (exact) mass is 200 g/mol. The van der Waals surface area contributed by atoms with Crippen LogP contribution in [0.1, 0.15) is 0 Å². The number of hydrogen-bond acceptors (Lipinski definition) is 3. The van der Waals surface area contributed by atoms with Gasteiger partial charge < -0.3 is 10.2 Å². The maximum Gasteiger partial charge on any atom is 0.143 e. The van der Waals surface area contributed by atoms with E-state index in [4.69, 9.17) is 11.6 Å². The highest BCUT2D eigenvalue weighted by Gasteiger charge is 2.09. The molecule has 1 aromatic heterocycles. The predicted octanol–water partition coefficient (Wildman–Crippen LogP) is 2.97. The van der Waals surface area contributed by atoms with Crippen molar-refractivity contribution in [3.8, 4) is 11.5 Å². The molecule has 62 valence electrons. The van der Waals surface area contributed by atoms with E-state index in [2.05, 4.69) is 0 Å². The number of aromatic hydroxyl groups is 2. The van der Waals surface area contributed by atoms with Gasteiger partial charge in [0.15, 0.2) is 0 Å². The number of phenols is 2. The molecule has 2 nitrogen and oxygen atoms in total. The minimum Gasteiger partial charge on any atom is -0.506 e. The molecule has 2 aromatic rings. The summed E-state index contributed by atoms with van der Waals surface area (Å²) in [6.07, 6.45) is 0. The first-order chi connectivity index (χ1) is 5.70. The van der Waals surface area contributed by atoms with Gasteiger partial charge in [-0.2, -0.15) is 0 Å². The Kier molecular flexibility index (Phi) is 1.63. The van der Waals surface area contributed by atoms with Gasteiger partial charge in [0.25, 0.3) is 0 Å². The van der Waals surface area contributed by atoms with Crippen LogP contribution >= 0.6 is 22.9 Å². The lowest BCUT2D eigenvalue weighted by molar-refractivity contribution is 0.470. The molecule has 0 aliphatic heterocycles. The summed E-state index contributed by atoms with van der Waals surface area (Å²) in [5.41, 5.74) is 0. The Hall–Kier alpha value is -0.930. The maximum atomic E-state index is 9.44. The van der Waals surface area contributed by atoms with Gasteiger partial charge in [-0.3, -0.25) is 0 Å². The highest BCUT2D eigenvalue weighted by Crippen LogP contribution is 2.40. The van der Waals surface area contributed by atoms with Crippen molar-refractivity contribution in [1.29, 1.82) is 0 Å². The van der Waals surface area contributed by atoms with Crippen LogP contribution in [0.4, 0.5) is 0 Å². The highest BCUT2D eigenvalue weighted by atomic mass is 35.5. The molecule has 0 amide bonds. The quantitative estimate of drug-likeness (QED) is 0.642. The van der Waals surface area contributed by atoms with E-state index >= 15 is 0 Å². The smallest absolute Gasteiger partial charge is 0.143 e. The molecule has 2 N–H and O–H groups in total. The van der Waals surface area contributed by atoms with E-state index in [1.165, 1.54) is 17.4 Å². The van der Waals surface area contributed by atoms with E-state index < -0.39 is 0 Å². The summed E-state index contributed by atoms with van der Waals surface area (Å²) in [6.45, 7) is 0. The summed E-state index contributed by atoms with van der Waals surface area (Å²) in [4.78, 5) is 0. The molecule has 2 rings (SSSR count). The molecular formula is C8H5ClO2S. The molecular weight excluding hydrogens is 196 g/mol. The number of thiophene rings is 1. The second-order valence-corrected chi connectivity index (χ2v) is 3.71. The molecule has 12 heavy (non-hydrogen) atoms. The average molecular weight is 201 g/mol. The minimum atomic E-state index is 0.0331. The lowest BCUT2D eigenvalue weighted by Crippen LogP contribution is -1.71. The van der Waals surface area contributed by atoms with Gasteiger partial charge in [-0.15, -0.1) is 11.3 Å². The second-order valence-electron chi connectivity index (χ2n) is 2.39. The zero-order valence-electron chi connectivity index (χ0n) is 5.91. The number of fused-ring (bicyclic) bond motifs is 1. The first-order valence-electron chi connectivity index (χ1n) is 3.28. The van der Waals surface area contributed by atoms with Gasteiger partial charge in [0.1, 0.15) is 11.5 Å². The van der Waals surface area contributed by atoms with Crippen molar-refractivity contribution in [1.82, 2.24) is 0 Å². The van der Waals surface area contributed by atoms with Gasteiger partial charge >= 0.3 is 0 Å². The number of hydrogen-bond donors (Lipinski definition) is 2. The van der Waals surface area contributed by atoms with Crippen LogP contribution in [-0.4, -0.2) is 10.2 Å². The van der Waals surface area contributed by atoms with Crippen molar-refractivity contribution >= 4 is 33.0 Å². The van der Waals surface area contributed by atoms with Gasteiger partial charge in [-0.25, -0.2) is 0 Å². The SMILES string of the molecule is Oc1c(Cl)cc(O)c2sccc12. The molecule has 4 heteroatoms. The van der Waals surface area contributed by atoms with Crippen molar-refractivity contribution < 1.29 is 10.2 Å². The Morgan fingerprint density at radius 2 is 2.08 bits per heavy atom. The van der Waals surface area contributed by atoms with Crippen molar-refractivity contribution in [2.45, 2.75) is 0 Å². The number of phenolic OH excluding ortho intramolecular Hbond substituents is 2. The fourth-order valence-electron chi connectivity index (χ4n) is 1.08. The lowest BCUT2D eigenvalue weighted by Gasteiger charge is -1.99. The zero-order chi connectivity index (χ0) is 8.72. The molecule has 1 aromatic carbocycles. The molecule has 1 heterocycles. The molecule has 0 spiro atoms. The third-order valence-electron chi connectivity index (χ3n) is 1.64. The van der Waals surface area contributed by atoms with E-state index in [0.29, 0.717) is 10.1 Å². The molecule has 0 aliphatic carbocycles.